The van der Waals surface area contributed by atoms with Crippen LogP contribution in [0, 0.1) is 0 Å². The van der Waals surface area contributed by atoms with Gasteiger partial charge in [-0.2, -0.15) is 0 Å². The van der Waals surface area contributed by atoms with E-state index in [0.717, 1.165) is 16.7 Å². The van der Waals surface area contributed by atoms with Crippen LogP contribution in [0.3, 0.4) is 0 Å². The van der Waals surface area contributed by atoms with Crippen molar-refractivity contribution in [3.63, 3.8) is 0 Å². The minimum Gasteiger partial charge on any atom is -0.488 e. The summed E-state index contributed by atoms with van der Waals surface area (Å²) < 4.78 is 19.0. The normalized spacial score (nSPS) is 11.8. The molecular formula is C25H24FN3O2. The second-order valence-electron chi connectivity index (χ2n) is 6.86. The van der Waals surface area contributed by atoms with Gasteiger partial charge < -0.3 is 10.1 Å². The van der Waals surface area contributed by atoms with Crippen LogP contribution < -0.4 is 10.1 Å². The van der Waals surface area contributed by atoms with E-state index in [1.54, 1.807) is 55.1 Å². The maximum Gasteiger partial charge on any atom is 0.259 e. The van der Waals surface area contributed by atoms with E-state index in [-0.39, 0.29) is 18.3 Å². The van der Waals surface area contributed by atoms with Gasteiger partial charge in [-0.25, -0.2) is 4.39 Å². The van der Waals surface area contributed by atoms with Crippen molar-refractivity contribution in [2.45, 2.75) is 20.3 Å². The van der Waals surface area contributed by atoms with E-state index in [2.05, 4.69) is 15.3 Å². The van der Waals surface area contributed by atoms with Crippen LogP contribution in [0.5, 0.6) is 5.75 Å². The number of nitrogens with zero attached hydrogens (tertiary/aromatic N) is 2. The summed E-state index contributed by atoms with van der Waals surface area (Å²) in [4.78, 5) is 21.1. The number of benzene rings is 1. The van der Waals surface area contributed by atoms with Gasteiger partial charge in [0.15, 0.2) is 0 Å². The Morgan fingerprint density at radius 2 is 1.87 bits per heavy atom. The Morgan fingerprint density at radius 3 is 2.55 bits per heavy atom. The number of rotatable bonds is 8. The SMILES string of the molecule is CCC(=CC=C(C)F)COc1ccc(-c2ccncc2)cc1C(=O)Nc1cccnc1. The van der Waals surface area contributed by atoms with Crippen LogP contribution in [0.2, 0.25) is 0 Å². The minimum atomic E-state index is -0.305. The molecule has 0 fully saturated rings. The Morgan fingerprint density at radius 1 is 1.06 bits per heavy atom. The first kappa shape index (κ1) is 21.9. The van der Waals surface area contributed by atoms with Crippen molar-refractivity contribution in [2.75, 3.05) is 11.9 Å². The molecule has 0 aliphatic carbocycles. The quantitative estimate of drug-likeness (QED) is 0.458. The maximum absolute atomic E-state index is 13.1. The van der Waals surface area contributed by atoms with Crippen molar-refractivity contribution in [2.24, 2.45) is 0 Å². The second kappa shape index (κ2) is 10.8. The van der Waals surface area contributed by atoms with Crippen LogP contribution in [0.1, 0.15) is 30.6 Å². The van der Waals surface area contributed by atoms with Crippen molar-refractivity contribution in [3.8, 4) is 16.9 Å². The number of hydrogen-bond donors (Lipinski definition) is 1. The molecule has 0 bridgehead atoms. The molecule has 1 N–H and O–H groups in total. The molecule has 6 heteroatoms. The zero-order valence-electron chi connectivity index (χ0n) is 17.5. The van der Waals surface area contributed by atoms with Gasteiger partial charge in [-0.1, -0.05) is 19.1 Å². The number of carbonyl (C=O) groups excluding carboxylic acids is 1. The Kier molecular flexibility index (Phi) is 7.65. The third-order valence-corrected chi connectivity index (χ3v) is 4.57. The summed E-state index contributed by atoms with van der Waals surface area (Å²) in [6, 6.07) is 12.7. The lowest BCUT2D eigenvalue weighted by Gasteiger charge is -2.14. The molecule has 1 amide bonds. The van der Waals surface area contributed by atoms with Gasteiger partial charge in [0, 0.05) is 18.6 Å². The molecule has 0 saturated carbocycles. The molecule has 0 unspecified atom stereocenters. The lowest BCUT2D eigenvalue weighted by atomic mass is 10.0. The van der Waals surface area contributed by atoms with Gasteiger partial charge in [0.2, 0.25) is 0 Å². The maximum atomic E-state index is 13.1. The van der Waals surface area contributed by atoms with Crippen molar-refractivity contribution in [1.29, 1.82) is 0 Å². The number of aromatic nitrogens is 2. The van der Waals surface area contributed by atoms with Crippen LogP contribution in [-0.2, 0) is 0 Å². The molecule has 1 aromatic carbocycles. The molecule has 0 spiro atoms. The Labute approximate surface area is 181 Å². The number of pyridine rings is 2. The molecule has 2 aromatic heterocycles. The highest BCUT2D eigenvalue weighted by Gasteiger charge is 2.15. The number of allylic oxidation sites excluding steroid dienone is 3. The average Bonchev–Trinajstić information content (AvgIpc) is 2.80. The Hall–Kier alpha value is -3.80. The summed E-state index contributed by atoms with van der Waals surface area (Å²) >= 11 is 0. The predicted octanol–water partition coefficient (Wildman–Crippen LogP) is 5.98. The standard InChI is InChI=1S/C25H24FN3O2/c1-3-19(7-6-18(2)26)17-31-24-9-8-21(20-10-13-27-14-11-20)15-23(24)25(30)29-22-5-4-12-28-16-22/h4-16H,3,17H2,1-2H3,(H,29,30). The molecule has 3 aromatic rings. The van der Waals surface area contributed by atoms with Gasteiger partial charge in [-0.05, 0) is 72.5 Å². The summed E-state index contributed by atoms with van der Waals surface area (Å²) in [5.74, 6) is -0.135. The van der Waals surface area contributed by atoms with E-state index in [1.807, 2.05) is 25.1 Å². The minimum absolute atomic E-state index is 0.252. The molecular weight excluding hydrogens is 393 g/mol. The molecule has 2 heterocycles. The summed E-state index contributed by atoms with van der Waals surface area (Å²) in [6.45, 7) is 3.62. The van der Waals surface area contributed by atoms with E-state index in [9.17, 15) is 9.18 Å². The molecule has 0 atom stereocenters. The monoisotopic (exact) mass is 417 g/mol. The number of ether oxygens (including phenoxy) is 1. The number of nitrogens with one attached hydrogen (secondary N) is 1. The number of amides is 1. The van der Waals surface area contributed by atoms with E-state index in [0.29, 0.717) is 23.4 Å². The number of anilines is 1. The largest absolute Gasteiger partial charge is 0.488 e. The van der Waals surface area contributed by atoms with E-state index >= 15 is 0 Å². The molecule has 5 nitrogen and oxygen atoms in total. The fourth-order valence-corrected chi connectivity index (χ4v) is 2.86. The summed E-state index contributed by atoms with van der Waals surface area (Å²) in [7, 11) is 0. The van der Waals surface area contributed by atoms with Gasteiger partial charge in [0.25, 0.3) is 5.91 Å². The first-order valence-corrected chi connectivity index (χ1v) is 9.97. The molecule has 0 radical (unpaired) electrons. The van der Waals surface area contributed by atoms with Gasteiger partial charge in [-0.3, -0.25) is 14.8 Å². The van der Waals surface area contributed by atoms with Crippen molar-refractivity contribution >= 4 is 11.6 Å². The predicted molar refractivity (Wildman–Crippen MR) is 121 cm³/mol. The summed E-state index contributed by atoms with van der Waals surface area (Å²) in [5, 5.41) is 2.85. The summed E-state index contributed by atoms with van der Waals surface area (Å²) in [6.07, 6.45) is 10.4. The highest BCUT2D eigenvalue weighted by atomic mass is 19.1. The smallest absolute Gasteiger partial charge is 0.259 e. The third-order valence-electron chi connectivity index (χ3n) is 4.57. The van der Waals surface area contributed by atoms with E-state index in [4.69, 9.17) is 4.74 Å². The van der Waals surface area contributed by atoms with E-state index in [1.165, 1.54) is 13.0 Å². The second-order valence-corrected chi connectivity index (χ2v) is 6.86. The van der Waals surface area contributed by atoms with Gasteiger partial charge in [-0.15, -0.1) is 0 Å². The average molecular weight is 417 g/mol. The topological polar surface area (TPSA) is 64.1 Å². The van der Waals surface area contributed by atoms with Gasteiger partial charge in [0.05, 0.1) is 23.3 Å². The molecule has 0 aliphatic rings. The van der Waals surface area contributed by atoms with Gasteiger partial charge >= 0.3 is 0 Å². The van der Waals surface area contributed by atoms with Crippen LogP contribution in [0.4, 0.5) is 10.1 Å². The lowest BCUT2D eigenvalue weighted by Crippen LogP contribution is -2.14. The van der Waals surface area contributed by atoms with Crippen molar-refractivity contribution in [1.82, 2.24) is 9.97 Å². The zero-order chi connectivity index (χ0) is 22.1. The van der Waals surface area contributed by atoms with Crippen molar-refractivity contribution < 1.29 is 13.9 Å². The Bertz CT molecular complexity index is 1080. The summed E-state index contributed by atoms with van der Waals surface area (Å²) in [5.41, 5.74) is 3.70. The molecule has 0 aliphatic heterocycles. The third kappa shape index (κ3) is 6.34. The molecule has 158 valence electrons. The van der Waals surface area contributed by atoms with Crippen molar-refractivity contribution in [3.05, 3.63) is 96.4 Å². The van der Waals surface area contributed by atoms with Crippen LogP contribution in [-0.4, -0.2) is 22.5 Å². The molecule has 3 rings (SSSR count). The van der Waals surface area contributed by atoms with Gasteiger partial charge in [0.1, 0.15) is 12.4 Å². The number of carbonyl (C=O) groups is 1. The van der Waals surface area contributed by atoms with Crippen LogP contribution in [0.15, 0.2) is 90.8 Å². The lowest BCUT2D eigenvalue weighted by molar-refractivity contribution is 0.102. The molecule has 31 heavy (non-hydrogen) atoms. The fourth-order valence-electron chi connectivity index (χ4n) is 2.86. The van der Waals surface area contributed by atoms with Crippen LogP contribution >= 0.6 is 0 Å². The molecule has 0 saturated heterocycles. The first-order valence-electron chi connectivity index (χ1n) is 9.97. The van der Waals surface area contributed by atoms with Crippen LogP contribution in [0.25, 0.3) is 11.1 Å². The Balaban J connectivity index is 1.91. The fraction of sp³-hybridized carbons (Fsp3) is 0.160. The number of hydrogen-bond acceptors (Lipinski definition) is 4. The highest BCUT2D eigenvalue weighted by molar-refractivity contribution is 6.06. The zero-order valence-corrected chi connectivity index (χ0v) is 17.5. The van der Waals surface area contributed by atoms with E-state index < -0.39 is 0 Å². The number of halogens is 1. The highest BCUT2D eigenvalue weighted by Crippen LogP contribution is 2.28. The first-order chi connectivity index (χ1) is 15.1.